The molecule has 7 rings (SSSR count). The van der Waals surface area contributed by atoms with Gasteiger partial charge in [0.25, 0.3) is 11.8 Å². The van der Waals surface area contributed by atoms with Crippen molar-refractivity contribution < 1.29 is 33.4 Å². The highest BCUT2D eigenvalue weighted by Crippen LogP contribution is 2.66. The van der Waals surface area contributed by atoms with Gasteiger partial charge in [0.2, 0.25) is 11.8 Å². The molecule has 0 bridgehead atoms. The summed E-state index contributed by atoms with van der Waals surface area (Å²) >= 11 is 21.0. The first kappa shape index (κ1) is 30.7. The van der Waals surface area contributed by atoms with E-state index in [1.807, 2.05) is 0 Å². The van der Waals surface area contributed by atoms with Gasteiger partial charge in [-0.15, -0.1) is 23.2 Å². The largest absolute Gasteiger partial charge is 0.508 e. The normalized spacial score (nSPS) is 30.3. The molecule has 2 aliphatic heterocycles. The fourth-order valence-corrected chi connectivity index (χ4v) is 8.72. The zero-order valence-corrected chi connectivity index (χ0v) is 26.7. The van der Waals surface area contributed by atoms with Crippen LogP contribution in [0.2, 0.25) is 5.02 Å². The Morgan fingerprint density at radius 1 is 0.891 bits per heavy atom. The summed E-state index contributed by atoms with van der Waals surface area (Å²) in [7, 11) is 1.43. The minimum atomic E-state index is -2.17. The molecule has 3 aromatic rings. The maximum atomic E-state index is 14.4. The minimum Gasteiger partial charge on any atom is -0.508 e. The summed E-state index contributed by atoms with van der Waals surface area (Å²) < 4.78 is 19.1. The van der Waals surface area contributed by atoms with Crippen LogP contribution in [0.5, 0.6) is 11.5 Å². The molecule has 2 heterocycles. The summed E-state index contributed by atoms with van der Waals surface area (Å²) in [6.07, 6.45) is 1.68. The zero-order valence-electron chi connectivity index (χ0n) is 24.5. The third-order valence-corrected chi connectivity index (χ3v) is 11.7. The molecule has 1 saturated carbocycles. The number of imide groups is 2. The number of hydrogen-bond acceptors (Lipinski definition) is 6. The number of carbonyl (C=O) groups is 4. The first-order valence-electron chi connectivity index (χ1n) is 14.6. The lowest BCUT2D eigenvalue weighted by Crippen LogP contribution is -2.60. The van der Waals surface area contributed by atoms with E-state index < -0.39 is 62.9 Å². The SMILES string of the molecule is COc1ccc(C2C3=CCC4C(=O)N(c5ccc(C)c(Cl)c5)C(=O)C4C3CC3(Cl)C(=O)N(c4ccc(F)cc4)C(=O)C23Cl)c(O)c1. The number of phenolic OH excluding ortho intramolecular Hbond substituents is 1. The van der Waals surface area contributed by atoms with Crippen molar-refractivity contribution in [1.82, 2.24) is 0 Å². The fraction of sp³-hybridized carbons (Fsp3) is 0.294. The number of allylic oxidation sites excluding steroid dienone is 2. The van der Waals surface area contributed by atoms with Gasteiger partial charge in [0, 0.05) is 22.6 Å². The number of methoxy groups -OCH3 is 1. The molecule has 46 heavy (non-hydrogen) atoms. The second kappa shape index (κ2) is 10.6. The molecule has 3 aromatic carbocycles. The molecular formula is C34H26Cl3FN2O6. The second-order valence-electron chi connectivity index (χ2n) is 12.1. The summed E-state index contributed by atoms with van der Waals surface area (Å²) in [6, 6.07) is 14.1. The van der Waals surface area contributed by atoms with Gasteiger partial charge in [-0.25, -0.2) is 14.2 Å². The van der Waals surface area contributed by atoms with Crippen LogP contribution in [-0.4, -0.2) is 45.6 Å². The molecule has 12 heteroatoms. The molecule has 2 saturated heterocycles. The van der Waals surface area contributed by atoms with E-state index in [9.17, 15) is 28.7 Å². The molecule has 0 spiro atoms. The van der Waals surface area contributed by atoms with Crippen molar-refractivity contribution in [2.75, 3.05) is 16.9 Å². The van der Waals surface area contributed by atoms with Crippen LogP contribution < -0.4 is 14.5 Å². The highest BCUT2D eigenvalue weighted by molar-refractivity contribution is 6.58. The number of halogens is 4. The Morgan fingerprint density at radius 3 is 2.24 bits per heavy atom. The van der Waals surface area contributed by atoms with Crippen LogP contribution >= 0.6 is 34.8 Å². The number of alkyl halides is 2. The van der Waals surface area contributed by atoms with Crippen LogP contribution in [0.4, 0.5) is 15.8 Å². The smallest absolute Gasteiger partial charge is 0.258 e. The van der Waals surface area contributed by atoms with Crippen molar-refractivity contribution in [3.63, 3.8) is 0 Å². The lowest BCUT2D eigenvalue weighted by atomic mass is 9.56. The summed E-state index contributed by atoms with van der Waals surface area (Å²) in [5, 5.41) is 11.7. The van der Waals surface area contributed by atoms with Gasteiger partial charge in [-0.3, -0.25) is 19.2 Å². The first-order chi connectivity index (χ1) is 21.8. The monoisotopic (exact) mass is 682 g/mol. The summed E-state index contributed by atoms with van der Waals surface area (Å²) in [5.74, 6) is -6.81. The maximum absolute atomic E-state index is 14.4. The average molecular weight is 684 g/mol. The molecule has 8 nitrogen and oxygen atoms in total. The van der Waals surface area contributed by atoms with Gasteiger partial charge in [0.15, 0.2) is 9.75 Å². The molecule has 6 atom stereocenters. The number of aromatic hydroxyl groups is 1. The number of benzene rings is 3. The number of fused-ring (bicyclic) bond motifs is 4. The van der Waals surface area contributed by atoms with Crippen molar-refractivity contribution in [3.05, 3.63) is 94.3 Å². The Kier molecular flexibility index (Phi) is 7.05. The second-order valence-corrected chi connectivity index (χ2v) is 13.8. The summed E-state index contributed by atoms with van der Waals surface area (Å²) in [6.45, 7) is 1.81. The van der Waals surface area contributed by atoms with Gasteiger partial charge in [0.05, 0.1) is 30.3 Å². The van der Waals surface area contributed by atoms with Crippen LogP contribution in [0.15, 0.2) is 72.3 Å². The molecule has 2 aliphatic carbocycles. The molecule has 3 fully saturated rings. The number of rotatable bonds is 4. The molecular weight excluding hydrogens is 658 g/mol. The molecule has 4 aliphatic rings. The van der Waals surface area contributed by atoms with Crippen molar-refractivity contribution in [3.8, 4) is 11.5 Å². The molecule has 0 radical (unpaired) electrons. The van der Waals surface area contributed by atoms with Crippen molar-refractivity contribution in [1.29, 1.82) is 0 Å². The lowest BCUT2D eigenvalue weighted by Gasteiger charge is -2.50. The molecule has 4 amide bonds. The number of aryl methyl sites for hydroxylation is 1. The van der Waals surface area contributed by atoms with E-state index in [1.54, 1.807) is 37.3 Å². The van der Waals surface area contributed by atoms with Crippen LogP contribution in [0, 0.1) is 30.5 Å². The van der Waals surface area contributed by atoms with E-state index in [1.165, 1.54) is 31.4 Å². The van der Waals surface area contributed by atoms with E-state index in [2.05, 4.69) is 0 Å². The lowest BCUT2D eigenvalue weighted by molar-refractivity contribution is -0.125. The summed E-state index contributed by atoms with van der Waals surface area (Å²) in [5.41, 5.74) is 1.87. The number of amides is 4. The van der Waals surface area contributed by atoms with Crippen molar-refractivity contribution in [2.45, 2.75) is 35.4 Å². The maximum Gasteiger partial charge on any atom is 0.258 e. The van der Waals surface area contributed by atoms with E-state index in [0.29, 0.717) is 22.0 Å². The number of phenols is 1. The zero-order chi connectivity index (χ0) is 32.9. The highest BCUT2D eigenvalue weighted by atomic mass is 35.5. The average Bonchev–Trinajstić information content (AvgIpc) is 3.37. The molecule has 6 unspecified atom stereocenters. The Bertz CT molecular complexity index is 1900. The van der Waals surface area contributed by atoms with Crippen molar-refractivity contribution >= 4 is 69.8 Å². The highest BCUT2D eigenvalue weighted by Gasteiger charge is 2.77. The van der Waals surface area contributed by atoms with Crippen LogP contribution in [-0.2, 0) is 19.2 Å². The third-order valence-electron chi connectivity index (χ3n) is 9.86. The predicted molar refractivity (Wildman–Crippen MR) is 170 cm³/mol. The van der Waals surface area contributed by atoms with E-state index in [4.69, 9.17) is 39.5 Å². The Labute approximate surface area is 278 Å². The minimum absolute atomic E-state index is 0.0629. The molecule has 236 valence electrons. The van der Waals surface area contributed by atoms with Gasteiger partial charge in [-0.1, -0.05) is 35.4 Å². The first-order valence-corrected chi connectivity index (χ1v) is 15.7. The van der Waals surface area contributed by atoms with E-state index >= 15 is 0 Å². The van der Waals surface area contributed by atoms with Gasteiger partial charge in [0.1, 0.15) is 17.3 Å². The van der Waals surface area contributed by atoms with Crippen LogP contribution in [0.25, 0.3) is 0 Å². The van der Waals surface area contributed by atoms with E-state index in [0.717, 1.165) is 27.5 Å². The fourth-order valence-electron chi connectivity index (χ4n) is 7.61. The van der Waals surface area contributed by atoms with Gasteiger partial charge in [-0.2, -0.15) is 0 Å². The van der Waals surface area contributed by atoms with Gasteiger partial charge in [-0.05, 0) is 73.7 Å². The standard InChI is InChI=1S/C34H26Cl3FN2O6/c1-16-3-6-19(13-25(16)35)39-29(42)23-12-11-21-24(27(23)30(39)43)15-33(36)31(44)40(18-7-4-17(38)5-8-18)32(45)34(33,37)28(21)22-10-9-20(46-2)14-26(22)41/h3-11,13-14,23-24,27-28,41H,12,15H2,1-2H3. The number of anilines is 2. The van der Waals surface area contributed by atoms with Crippen molar-refractivity contribution in [2.24, 2.45) is 17.8 Å². The number of nitrogens with zero attached hydrogens (tertiary/aromatic N) is 2. The van der Waals surface area contributed by atoms with Gasteiger partial charge >= 0.3 is 0 Å². The number of hydrogen-bond donors (Lipinski definition) is 1. The summed E-state index contributed by atoms with van der Waals surface area (Å²) in [4.78, 5) is 54.4. The number of carbonyl (C=O) groups excluding carboxylic acids is 4. The number of ether oxygens (including phenoxy) is 1. The Hall–Kier alpha value is -3.92. The third kappa shape index (κ3) is 4.04. The Balaban J connectivity index is 1.40. The quantitative estimate of drug-likeness (QED) is 0.198. The molecule has 0 aromatic heterocycles. The molecule has 1 N–H and O–H groups in total. The van der Waals surface area contributed by atoms with Crippen LogP contribution in [0.3, 0.4) is 0 Å². The van der Waals surface area contributed by atoms with Gasteiger partial charge < -0.3 is 9.84 Å². The van der Waals surface area contributed by atoms with E-state index in [-0.39, 0.29) is 29.8 Å². The predicted octanol–water partition coefficient (Wildman–Crippen LogP) is 6.27. The Morgan fingerprint density at radius 2 is 1.59 bits per heavy atom. The van der Waals surface area contributed by atoms with Crippen LogP contribution in [0.1, 0.15) is 29.9 Å². The topological polar surface area (TPSA) is 104 Å².